The van der Waals surface area contributed by atoms with E-state index < -0.39 is 7.92 Å². The van der Waals surface area contributed by atoms with Crippen molar-refractivity contribution in [2.75, 3.05) is 0 Å². The third-order valence-electron chi connectivity index (χ3n) is 5.88. The summed E-state index contributed by atoms with van der Waals surface area (Å²) in [6, 6.07) is 32.1. The molecule has 0 spiro atoms. The summed E-state index contributed by atoms with van der Waals surface area (Å²) in [7, 11) is -1.08. The number of allylic oxidation sites excluding steroid dienone is 5. The molecule has 0 saturated carbocycles. The van der Waals surface area contributed by atoms with E-state index in [0.29, 0.717) is 5.66 Å². The Labute approximate surface area is 218 Å². The second-order valence-corrected chi connectivity index (χ2v) is 10.7. The van der Waals surface area contributed by atoms with Gasteiger partial charge < -0.3 is 22.5 Å². The second-order valence-electron chi connectivity index (χ2n) is 8.13. The molecule has 35 heavy (non-hydrogen) atoms. The Morgan fingerprint density at radius 3 is 2.06 bits per heavy atom. The number of aromatic nitrogens is 2. The number of hydrogen-bond donors (Lipinski definition) is 0. The molecule has 5 heteroatoms. The highest BCUT2D eigenvalue weighted by molar-refractivity contribution is 7.74. The van der Waals surface area contributed by atoms with E-state index in [-0.39, 0.29) is 22.5 Å². The largest absolute Gasteiger partial charge is 1.00 e. The van der Waals surface area contributed by atoms with Crippen LogP contribution in [-0.4, -0.2) is 21.1 Å². The molecule has 2 heterocycles. The van der Waals surface area contributed by atoms with Crippen molar-refractivity contribution in [3.8, 4) is 11.4 Å². The molecule has 4 aromatic rings. The lowest BCUT2D eigenvalue weighted by atomic mass is 10.0. The number of aryl methyl sites for hydroxylation is 1. The van der Waals surface area contributed by atoms with E-state index in [1.165, 1.54) is 16.2 Å². The van der Waals surface area contributed by atoms with Crippen molar-refractivity contribution in [2.24, 2.45) is 0 Å². The molecule has 1 aliphatic carbocycles. The summed E-state index contributed by atoms with van der Waals surface area (Å²) in [5, 5.41) is 2.83. The van der Waals surface area contributed by atoms with Crippen LogP contribution in [-0.2, 0) is 0 Å². The first-order valence-electron chi connectivity index (χ1n) is 11.2. The number of halogens is 1. The lowest BCUT2D eigenvalue weighted by Crippen LogP contribution is -3.00. The van der Waals surface area contributed by atoms with Crippen molar-refractivity contribution in [2.45, 2.75) is 12.6 Å². The Bertz CT molecular complexity index is 1280. The highest BCUT2D eigenvalue weighted by atomic mass is 79.9. The van der Waals surface area contributed by atoms with Gasteiger partial charge >= 0.3 is 0 Å². The minimum Gasteiger partial charge on any atom is -1.00 e. The summed E-state index contributed by atoms with van der Waals surface area (Å²) < 4.78 is 0. The lowest BCUT2D eigenvalue weighted by Gasteiger charge is -2.21. The van der Waals surface area contributed by atoms with Crippen LogP contribution in [0, 0.1) is 6.92 Å². The molecule has 0 aliphatic heterocycles. The van der Waals surface area contributed by atoms with Crippen LogP contribution in [0.25, 0.3) is 17.5 Å². The zero-order valence-corrected chi connectivity index (χ0v) is 22.1. The third kappa shape index (κ3) is 6.10. The number of hydrogen-bond acceptors (Lipinski definition) is 2. The Morgan fingerprint density at radius 1 is 0.771 bits per heavy atom. The topological polar surface area (TPSA) is 57.3 Å². The normalized spacial score (nSPS) is 15.5. The van der Waals surface area contributed by atoms with Gasteiger partial charge in [-0.1, -0.05) is 66.8 Å². The van der Waals surface area contributed by atoms with Gasteiger partial charge in [-0.15, -0.1) is 0 Å². The molecule has 0 fully saturated rings. The molecule has 0 saturated heterocycles. The molecule has 2 N–H and O–H groups in total. The first kappa shape index (κ1) is 26.4. The standard InChI is InChI=1S/C30H25N2P.BrH.H2O/c1-23-19-20-25(32-30(23)28-17-10-11-21-31-28)22-24-12-8-9-18-29(24)33(26-13-4-2-5-14-26)27-15-6-3-7-16-27;;/h2-22,29H,1H3;1H;1H2. The zero-order valence-electron chi connectivity index (χ0n) is 19.5. The molecule has 1 aliphatic rings. The average Bonchev–Trinajstić information content (AvgIpc) is 2.88. The predicted molar refractivity (Wildman–Crippen MR) is 146 cm³/mol. The molecular formula is C30H28BrN2OP. The molecule has 0 radical (unpaired) electrons. The number of pyridine rings is 2. The summed E-state index contributed by atoms with van der Waals surface area (Å²) in [5.74, 6) is 0. The third-order valence-corrected chi connectivity index (χ3v) is 8.94. The first-order chi connectivity index (χ1) is 16.3. The molecule has 0 amide bonds. The molecular weight excluding hydrogens is 515 g/mol. The van der Waals surface area contributed by atoms with Crippen LogP contribution in [0.5, 0.6) is 0 Å². The molecule has 5 rings (SSSR count). The van der Waals surface area contributed by atoms with Crippen molar-refractivity contribution in [3.05, 3.63) is 138 Å². The fourth-order valence-electron chi connectivity index (χ4n) is 4.28. The van der Waals surface area contributed by atoms with Crippen LogP contribution in [0.2, 0.25) is 0 Å². The van der Waals surface area contributed by atoms with Crippen molar-refractivity contribution < 1.29 is 22.5 Å². The van der Waals surface area contributed by atoms with Gasteiger partial charge in [-0.25, -0.2) is 4.98 Å². The molecule has 176 valence electrons. The minimum absolute atomic E-state index is 0. The van der Waals surface area contributed by atoms with E-state index in [1.54, 1.807) is 0 Å². The van der Waals surface area contributed by atoms with E-state index in [4.69, 9.17) is 4.98 Å². The maximum atomic E-state index is 4.99. The van der Waals surface area contributed by atoms with E-state index in [1.807, 2.05) is 24.4 Å². The number of benzene rings is 2. The van der Waals surface area contributed by atoms with E-state index in [0.717, 1.165) is 22.6 Å². The highest BCUT2D eigenvalue weighted by Gasteiger charge is 2.33. The van der Waals surface area contributed by atoms with E-state index in [2.05, 4.69) is 115 Å². The quantitative estimate of drug-likeness (QED) is 0.363. The SMILES string of the molecule is Cc1ccc(C=C2C=CC=CC2[PH+](c2ccccc2)c2ccccc2)nc1-c1ccccn1.O.[Br-]. The predicted octanol–water partition coefficient (Wildman–Crippen LogP) is 2.37. The van der Waals surface area contributed by atoms with Crippen LogP contribution in [0.15, 0.2) is 127 Å². The second kappa shape index (κ2) is 12.5. The molecule has 2 aromatic carbocycles. The average molecular weight is 543 g/mol. The van der Waals surface area contributed by atoms with Crippen LogP contribution >= 0.6 is 7.92 Å². The van der Waals surface area contributed by atoms with Crippen molar-refractivity contribution in [1.82, 2.24) is 9.97 Å². The van der Waals surface area contributed by atoms with Crippen LogP contribution in [0.4, 0.5) is 0 Å². The van der Waals surface area contributed by atoms with Crippen LogP contribution in [0.1, 0.15) is 11.3 Å². The maximum absolute atomic E-state index is 4.99. The Morgan fingerprint density at radius 2 is 1.43 bits per heavy atom. The Hall–Kier alpha value is -3.17. The van der Waals surface area contributed by atoms with Gasteiger partial charge in [0.25, 0.3) is 0 Å². The van der Waals surface area contributed by atoms with Gasteiger partial charge in [0.1, 0.15) is 5.66 Å². The zero-order chi connectivity index (χ0) is 22.5. The van der Waals surface area contributed by atoms with Gasteiger partial charge in [-0.3, -0.25) is 4.98 Å². The van der Waals surface area contributed by atoms with Crippen molar-refractivity contribution in [1.29, 1.82) is 0 Å². The van der Waals surface area contributed by atoms with Crippen molar-refractivity contribution >= 4 is 24.6 Å². The molecule has 3 nitrogen and oxygen atoms in total. The molecule has 1 unspecified atom stereocenters. The highest BCUT2D eigenvalue weighted by Crippen LogP contribution is 2.45. The van der Waals surface area contributed by atoms with Crippen LogP contribution < -0.4 is 27.6 Å². The van der Waals surface area contributed by atoms with Gasteiger partial charge in [0.15, 0.2) is 0 Å². The summed E-state index contributed by atoms with van der Waals surface area (Å²) >= 11 is 0. The monoisotopic (exact) mass is 542 g/mol. The van der Waals surface area contributed by atoms with E-state index in [9.17, 15) is 0 Å². The van der Waals surface area contributed by atoms with E-state index >= 15 is 0 Å². The Balaban J connectivity index is 0.00000171. The maximum Gasteiger partial charge on any atom is 0.120 e. The molecule has 0 bridgehead atoms. The summed E-state index contributed by atoms with van der Waals surface area (Å²) in [4.78, 5) is 9.51. The molecule has 2 aromatic heterocycles. The summed E-state index contributed by atoms with van der Waals surface area (Å²) in [5.41, 5.74) is 5.54. The van der Waals surface area contributed by atoms with Crippen LogP contribution in [0.3, 0.4) is 0 Å². The van der Waals surface area contributed by atoms with Gasteiger partial charge in [-0.2, -0.15) is 0 Å². The summed E-state index contributed by atoms with van der Waals surface area (Å²) in [6.07, 6.45) is 13.0. The fraction of sp³-hybridized carbons (Fsp3) is 0.0667. The van der Waals surface area contributed by atoms with Gasteiger partial charge in [0.2, 0.25) is 0 Å². The Kier molecular flexibility index (Phi) is 9.45. The van der Waals surface area contributed by atoms with Gasteiger partial charge in [0.05, 0.1) is 35.6 Å². The minimum atomic E-state index is -1.08. The molecule has 1 atom stereocenters. The number of rotatable bonds is 5. The summed E-state index contributed by atoms with van der Waals surface area (Å²) in [6.45, 7) is 2.09. The van der Waals surface area contributed by atoms with Gasteiger partial charge in [0, 0.05) is 6.20 Å². The lowest BCUT2D eigenvalue weighted by molar-refractivity contribution is -0.00000764. The van der Waals surface area contributed by atoms with Crippen molar-refractivity contribution in [3.63, 3.8) is 0 Å². The fourth-order valence-corrected chi connectivity index (χ4v) is 7.25. The first-order valence-corrected chi connectivity index (χ1v) is 12.8. The number of nitrogens with zero attached hydrogens (tertiary/aromatic N) is 2. The van der Waals surface area contributed by atoms with Gasteiger partial charge in [-0.05, 0) is 72.7 Å². The smallest absolute Gasteiger partial charge is 0.120 e.